The van der Waals surface area contributed by atoms with Gasteiger partial charge < -0.3 is 15.2 Å². The summed E-state index contributed by atoms with van der Waals surface area (Å²) in [6, 6.07) is 11.8. The lowest BCUT2D eigenvalue weighted by Gasteiger charge is -2.05. The van der Waals surface area contributed by atoms with E-state index in [1.807, 2.05) is 59.6 Å². The summed E-state index contributed by atoms with van der Waals surface area (Å²) in [5, 5.41) is 8.80. The van der Waals surface area contributed by atoms with Crippen LogP contribution in [0.25, 0.3) is 10.9 Å². The van der Waals surface area contributed by atoms with Crippen molar-refractivity contribution in [3.63, 3.8) is 0 Å². The zero-order valence-electron chi connectivity index (χ0n) is 11.1. The average Bonchev–Trinajstić information content (AvgIpc) is 3.07. The maximum atomic E-state index is 11.9. The third-order valence-electron chi connectivity index (χ3n) is 3.15. The molecular formula is C15H15N3OS. The summed E-state index contributed by atoms with van der Waals surface area (Å²) < 4.78 is 2.00. The van der Waals surface area contributed by atoms with Crippen molar-refractivity contribution in [3.8, 4) is 0 Å². The molecule has 0 bridgehead atoms. The van der Waals surface area contributed by atoms with Gasteiger partial charge >= 0.3 is 6.03 Å². The fraction of sp³-hybridized carbons (Fsp3) is 0.133. The third kappa shape index (κ3) is 2.53. The van der Waals surface area contributed by atoms with Crippen molar-refractivity contribution in [3.05, 3.63) is 52.9 Å². The van der Waals surface area contributed by atoms with E-state index in [1.165, 1.54) is 0 Å². The van der Waals surface area contributed by atoms with E-state index in [4.69, 9.17) is 0 Å². The molecule has 2 N–H and O–H groups in total. The van der Waals surface area contributed by atoms with Crippen LogP contribution in [0.4, 0.5) is 10.5 Å². The summed E-state index contributed by atoms with van der Waals surface area (Å²) in [6.07, 6.45) is 1.93. The Morgan fingerprint density at radius 2 is 2.10 bits per heavy atom. The standard InChI is InChI=1S/C15H15N3OS/c1-18-10-13(12-6-2-3-7-14(12)18)17-15(19)16-9-11-5-4-8-20-11/h2-8,10H,9H2,1H3,(H2,16,17,19). The zero-order chi connectivity index (χ0) is 13.9. The third-order valence-corrected chi connectivity index (χ3v) is 4.02. The minimum Gasteiger partial charge on any atom is -0.348 e. The molecule has 102 valence electrons. The van der Waals surface area contributed by atoms with Gasteiger partial charge in [-0.15, -0.1) is 11.3 Å². The molecule has 3 aromatic rings. The first-order chi connectivity index (χ1) is 9.74. The van der Waals surface area contributed by atoms with Crippen LogP contribution in [0.1, 0.15) is 4.88 Å². The molecule has 1 aromatic carbocycles. The van der Waals surface area contributed by atoms with Crippen LogP contribution >= 0.6 is 11.3 Å². The van der Waals surface area contributed by atoms with Crippen LogP contribution in [0.5, 0.6) is 0 Å². The molecule has 2 heterocycles. The molecule has 0 radical (unpaired) electrons. The highest BCUT2D eigenvalue weighted by Crippen LogP contribution is 2.24. The molecular weight excluding hydrogens is 270 g/mol. The molecule has 0 aliphatic carbocycles. The highest BCUT2D eigenvalue weighted by Gasteiger charge is 2.08. The van der Waals surface area contributed by atoms with E-state index in [9.17, 15) is 4.79 Å². The van der Waals surface area contributed by atoms with Gasteiger partial charge in [0, 0.05) is 29.0 Å². The van der Waals surface area contributed by atoms with Crippen LogP contribution in [0, 0.1) is 0 Å². The Balaban J connectivity index is 1.71. The van der Waals surface area contributed by atoms with Crippen molar-refractivity contribution >= 4 is 34.0 Å². The molecule has 4 nitrogen and oxygen atoms in total. The largest absolute Gasteiger partial charge is 0.348 e. The molecule has 2 amide bonds. The fourth-order valence-corrected chi connectivity index (χ4v) is 2.83. The monoisotopic (exact) mass is 285 g/mol. The Bertz CT molecular complexity index is 731. The number of benzene rings is 1. The van der Waals surface area contributed by atoms with Crippen molar-refractivity contribution < 1.29 is 4.79 Å². The Hall–Kier alpha value is -2.27. The van der Waals surface area contributed by atoms with Crippen molar-refractivity contribution in [2.75, 3.05) is 5.32 Å². The number of thiophene rings is 1. The highest BCUT2D eigenvalue weighted by molar-refractivity contribution is 7.09. The number of nitrogens with zero attached hydrogens (tertiary/aromatic N) is 1. The van der Waals surface area contributed by atoms with Gasteiger partial charge in [-0.25, -0.2) is 4.79 Å². The van der Waals surface area contributed by atoms with Gasteiger partial charge in [-0.05, 0) is 17.5 Å². The summed E-state index contributed by atoms with van der Waals surface area (Å²) >= 11 is 1.63. The molecule has 20 heavy (non-hydrogen) atoms. The summed E-state index contributed by atoms with van der Waals surface area (Å²) in [7, 11) is 1.97. The Kier molecular flexibility index (Phi) is 3.43. The molecule has 0 atom stereocenters. The van der Waals surface area contributed by atoms with E-state index in [0.29, 0.717) is 6.54 Å². The number of carbonyl (C=O) groups is 1. The molecule has 5 heteroatoms. The van der Waals surface area contributed by atoms with Crippen LogP contribution in [-0.2, 0) is 13.6 Å². The van der Waals surface area contributed by atoms with Crippen molar-refractivity contribution in [2.24, 2.45) is 7.05 Å². The van der Waals surface area contributed by atoms with Crippen LogP contribution in [0.2, 0.25) is 0 Å². The topological polar surface area (TPSA) is 46.1 Å². The number of fused-ring (bicyclic) bond motifs is 1. The molecule has 0 aliphatic heterocycles. The first-order valence-corrected chi connectivity index (χ1v) is 7.23. The van der Waals surface area contributed by atoms with Crippen molar-refractivity contribution in [2.45, 2.75) is 6.54 Å². The smallest absolute Gasteiger partial charge is 0.319 e. The van der Waals surface area contributed by atoms with Crippen molar-refractivity contribution in [1.29, 1.82) is 0 Å². The molecule has 0 spiro atoms. The van der Waals surface area contributed by atoms with E-state index >= 15 is 0 Å². The lowest BCUT2D eigenvalue weighted by molar-refractivity contribution is 0.252. The molecule has 0 unspecified atom stereocenters. The van der Waals surface area contributed by atoms with Crippen LogP contribution < -0.4 is 10.6 Å². The summed E-state index contributed by atoms with van der Waals surface area (Å²) in [4.78, 5) is 13.1. The molecule has 0 saturated carbocycles. The SMILES string of the molecule is Cn1cc(NC(=O)NCc2cccs2)c2ccccc21. The van der Waals surface area contributed by atoms with E-state index in [1.54, 1.807) is 11.3 Å². The van der Waals surface area contributed by atoms with E-state index in [-0.39, 0.29) is 6.03 Å². The number of para-hydroxylation sites is 1. The highest BCUT2D eigenvalue weighted by atomic mass is 32.1. The number of amides is 2. The normalized spacial score (nSPS) is 10.7. The summed E-state index contributed by atoms with van der Waals surface area (Å²) in [6.45, 7) is 0.550. The number of nitrogens with one attached hydrogen (secondary N) is 2. The van der Waals surface area contributed by atoms with Gasteiger partial charge in [-0.2, -0.15) is 0 Å². The van der Waals surface area contributed by atoms with Crippen LogP contribution in [-0.4, -0.2) is 10.6 Å². The molecule has 0 aliphatic rings. The van der Waals surface area contributed by atoms with Gasteiger partial charge in [0.15, 0.2) is 0 Å². The van der Waals surface area contributed by atoms with Gasteiger partial charge in [0.05, 0.1) is 12.2 Å². The minimum atomic E-state index is -0.185. The van der Waals surface area contributed by atoms with Gasteiger partial charge in [0.2, 0.25) is 0 Å². The number of hydrogen-bond donors (Lipinski definition) is 2. The summed E-state index contributed by atoms with van der Waals surface area (Å²) in [5.74, 6) is 0. The number of anilines is 1. The molecule has 0 saturated heterocycles. The number of hydrogen-bond acceptors (Lipinski definition) is 2. The van der Waals surface area contributed by atoms with E-state index < -0.39 is 0 Å². The first-order valence-electron chi connectivity index (χ1n) is 6.35. The van der Waals surface area contributed by atoms with Crippen LogP contribution in [0.3, 0.4) is 0 Å². The Labute approximate surface area is 121 Å². The Morgan fingerprint density at radius 1 is 1.25 bits per heavy atom. The second-order valence-electron chi connectivity index (χ2n) is 4.56. The predicted molar refractivity (Wildman–Crippen MR) is 83.1 cm³/mol. The van der Waals surface area contributed by atoms with Gasteiger partial charge in [0.1, 0.15) is 0 Å². The number of urea groups is 1. The Morgan fingerprint density at radius 3 is 2.90 bits per heavy atom. The second-order valence-corrected chi connectivity index (χ2v) is 5.59. The van der Waals surface area contributed by atoms with Gasteiger partial charge in [-0.1, -0.05) is 24.3 Å². The minimum absolute atomic E-state index is 0.185. The maximum Gasteiger partial charge on any atom is 0.319 e. The number of aromatic nitrogens is 1. The van der Waals surface area contributed by atoms with Crippen LogP contribution in [0.15, 0.2) is 48.0 Å². The zero-order valence-corrected chi connectivity index (χ0v) is 11.9. The molecule has 2 aromatic heterocycles. The first kappa shape index (κ1) is 12.7. The quantitative estimate of drug-likeness (QED) is 0.759. The number of rotatable bonds is 3. The lowest BCUT2D eigenvalue weighted by Crippen LogP contribution is -2.27. The number of carbonyl (C=O) groups excluding carboxylic acids is 1. The van der Waals surface area contributed by atoms with Gasteiger partial charge in [-0.3, -0.25) is 0 Å². The number of aryl methyl sites for hydroxylation is 1. The molecule has 0 fully saturated rings. The fourth-order valence-electron chi connectivity index (χ4n) is 2.19. The average molecular weight is 285 g/mol. The maximum absolute atomic E-state index is 11.9. The predicted octanol–water partition coefficient (Wildman–Crippen LogP) is 3.56. The van der Waals surface area contributed by atoms with E-state index in [2.05, 4.69) is 10.6 Å². The summed E-state index contributed by atoms with van der Waals surface area (Å²) in [5.41, 5.74) is 1.92. The lowest BCUT2D eigenvalue weighted by atomic mass is 10.2. The second kappa shape index (κ2) is 5.38. The van der Waals surface area contributed by atoms with Crippen molar-refractivity contribution in [1.82, 2.24) is 9.88 Å². The molecule has 3 rings (SSSR count). The van der Waals surface area contributed by atoms with Gasteiger partial charge in [0.25, 0.3) is 0 Å². The van der Waals surface area contributed by atoms with E-state index in [0.717, 1.165) is 21.5 Å².